The number of nitrogens with one attached hydrogen (secondary N) is 2. The molecule has 6 heteroatoms. The van der Waals surface area contributed by atoms with Crippen LogP contribution in [-0.4, -0.2) is 34.2 Å². The van der Waals surface area contributed by atoms with Crippen LogP contribution in [-0.2, 0) is 0 Å². The lowest BCUT2D eigenvalue weighted by Gasteiger charge is -2.31. The summed E-state index contributed by atoms with van der Waals surface area (Å²) in [7, 11) is 0. The van der Waals surface area contributed by atoms with Crippen LogP contribution in [0, 0.1) is 13.8 Å². The number of hydrogen-bond donors (Lipinski definition) is 2. The monoisotopic (exact) mass is 338 g/mol. The molecule has 0 atom stereocenters. The maximum absolute atomic E-state index is 12.6. The molecule has 25 heavy (non-hydrogen) atoms. The van der Waals surface area contributed by atoms with E-state index in [9.17, 15) is 4.79 Å². The van der Waals surface area contributed by atoms with E-state index >= 15 is 0 Å². The topological polar surface area (TPSA) is 74.2 Å². The van der Waals surface area contributed by atoms with Gasteiger partial charge in [0.1, 0.15) is 5.76 Å². The minimum Gasteiger partial charge on any atom is -0.459 e. The van der Waals surface area contributed by atoms with Crippen LogP contribution in [0.3, 0.4) is 0 Å². The third kappa shape index (κ3) is 2.99. The number of piperidine rings is 1. The van der Waals surface area contributed by atoms with Crippen molar-refractivity contribution in [3.8, 4) is 0 Å². The minimum absolute atomic E-state index is 0.0682. The van der Waals surface area contributed by atoms with Crippen LogP contribution in [0.15, 0.2) is 34.9 Å². The first-order valence-corrected chi connectivity index (χ1v) is 8.67. The second-order valence-corrected chi connectivity index (χ2v) is 6.74. The van der Waals surface area contributed by atoms with E-state index in [1.54, 1.807) is 0 Å². The molecule has 1 saturated heterocycles. The number of furan rings is 1. The molecule has 1 aliphatic rings. The standard InChI is InChI=1S/C19H22N4O2/c1-12-11-20-22-17(12)14-6-8-23(9-7-14)19(24)21-16-5-3-4-15-10-13(2)25-18(15)16/h3-5,10-11,14H,6-9H2,1-2H3,(H,20,22)(H,21,24). The molecule has 2 amide bonds. The number of urea groups is 1. The summed E-state index contributed by atoms with van der Waals surface area (Å²) in [4.78, 5) is 14.5. The highest BCUT2D eigenvalue weighted by atomic mass is 16.3. The second kappa shape index (κ2) is 6.27. The fraction of sp³-hybridized carbons (Fsp3) is 0.368. The molecule has 0 aliphatic carbocycles. The van der Waals surface area contributed by atoms with Crippen molar-refractivity contribution in [2.24, 2.45) is 0 Å². The van der Waals surface area contributed by atoms with Gasteiger partial charge in [-0.3, -0.25) is 5.10 Å². The van der Waals surface area contributed by atoms with Crippen molar-refractivity contribution in [1.29, 1.82) is 0 Å². The number of amides is 2. The van der Waals surface area contributed by atoms with Gasteiger partial charge in [-0.05, 0) is 44.4 Å². The van der Waals surface area contributed by atoms with Crippen LogP contribution < -0.4 is 5.32 Å². The third-order valence-corrected chi connectivity index (χ3v) is 4.97. The van der Waals surface area contributed by atoms with Crippen LogP contribution in [0.1, 0.15) is 35.8 Å². The Kier molecular flexibility index (Phi) is 3.95. The lowest BCUT2D eigenvalue weighted by molar-refractivity contribution is 0.194. The first-order chi connectivity index (χ1) is 12.1. The normalized spacial score (nSPS) is 15.7. The average molecular weight is 338 g/mol. The number of rotatable bonds is 2. The van der Waals surface area contributed by atoms with Crippen LogP contribution in [0.2, 0.25) is 0 Å². The number of carbonyl (C=O) groups excluding carboxylic acids is 1. The van der Waals surface area contributed by atoms with Crippen molar-refractivity contribution in [2.75, 3.05) is 18.4 Å². The molecule has 0 spiro atoms. The van der Waals surface area contributed by atoms with E-state index in [4.69, 9.17) is 4.42 Å². The van der Waals surface area contributed by atoms with Gasteiger partial charge in [0.05, 0.1) is 11.9 Å². The van der Waals surface area contributed by atoms with E-state index < -0.39 is 0 Å². The zero-order valence-electron chi connectivity index (χ0n) is 14.5. The number of aryl methyl sites for hydroxylation is 2. The molecular formula is C19H22N4O2. The molecule has 130 valence electrons. The molecule has 0 saturated carbocycles. The van der Waals surface area contributed by atoms with E-state index in [0.29, 0.717) is 5.92 Å². The van der Waals surface area contributed by atoms with Gasteiger partial charge in [0, 0.05) is 30.1 Å². The van der Waals surface area contributed by atoms with E-state index in [2.05, 4.69) is 22.4 Å². The van der Waals surface area contributed by atoms with Gasteiger partial charge < -0.3 is 14.6 Å². The predicted octanol–water partition coefficient (Wildman–Crippen LogP) is 4.18. The summed E-state index contributed by atoms with van der Waals surface area (Å²) in [6.07, 6.45) is 3.75. The van der Waals surface area contributed by atoms with Crippen molar-refractivity contribution in [1.82, 2.24) is 15.1 Å². The number of aromatic nitrogens is 2. The molecule has 1 fully saturated rings. The lowest BCUT2D eigenvalue weighted by Crippen LogP contribution is -2.40. The SMILES string of the molecule is Cc1cc2cccc(NC(=O)N3CCC(c4[nH]ncc4C)CC3)c2o1. The van der Waals surface area contributed by atoms with Gasteiger partial charge in [0.2, 0.25) is 0 Å². The van der Waals surface area contributed by atoms with Crippen LogP contribution in [0.5, 0.6) is 0 Å². The van der Waals surface area contributed by atoms with Crippen LogP contribution in [0.25, 0.3) is 11.0 Å². The van der Waals surface area contributed by atoms with E-state index in [1.165, 1.54) is 11.3 Å². The number of nitrogens with zero attached hydrogens (tertiary/aromatic N) is 2. The minimum atomic E-state index is -0.0682. The van der Waals surface area contributed by atoms with Crippen molar-refractivity contribution in [3.63, 3.8) is 0 Å². The molecule has 0 bridgehead atoms. The maximum atomic E-state index is 12.6. The molecule has 2 N–H and O–H groups in total. The van der Waals surface area contributed by atoms with Gasteiger partial charge in [0.25, 0.3) is 0 Å². The van der Waals surface area contributed by atoms with Gasteiger partial charge in [0.15, 0.2) is 5.58 Å². The molecule has 4 rings (SSSR count). The molecule has 3 heterocycles. The zero-order chi connectivity index (χ0) is 17.4. The van der Waals surface area contributed by atoms with Gasteiger partial charge in [-0.15, -0.1) is 0 Å². The quantitative estimate of drug-likeness (QED) is 0.736. The number of para-hydroxylation sites is 1. The van der Waals surface area contributed by atoms with Crippen LogP contribution in [0.4, 0.5) is 10.5 Å². The second-order valence-electron chi connectivity index (χ2n) is 6.74. The Balaban J connectivity index is 1.43. The Bertz CT molecular complexity index is 903. The van der Waals surface area contributed by atoms with Crippen molar-refractivity contribution >= 4 is 22.7 Å². The van der Waals surface area contributed by atoms with Gasteiger partial charge in [-0.1, -0.05) is 12.1 Å². The van der Waals surface area contributed by atoms with Gasteiger partial charge in [-0.2, -0.15) is 5.10 Å². The molecule has 3 aromatic rings. The maximum Gasteiger partial charge on any atom is 0.321 e. The summed E-state index contributed by atoms with van der Waals surface area (Å²) in [6, 6.07) is 7.70. The number of fused-ring (bicyclic) bond motifs is 1. The van der Waals surface area contributed by atoms with E-state index in [0.717, 1.165) is 48.3 Å². The predicted molar refractivity (Wildman–Crippen MR) is 96.8 cm³/mol. The molecule has 2 aromatic heterocycles. The van der Waals surface area contributed by atoms with E-state index in [-0.39, 0.29) is 6.03 Å². The van der Waals surface area contributed by atoms with Crippen molar-refractivity contribution < 1.29 is 9.21 Å². The van der Waals surface area contributed by atoms with Gasteiger partial charge in [-0.25, -0.2) is 4.79 Å². The Hall–Kier alpha value is -2.76. The number of aromatic amines is 1. The third-order valence-electron chi connectivity index (χ3n) is 4.97. The highest BCUT2D eigenvalue weighted by Gasteiger charge is 2.26. The summed E-state index contributed by atoms with van der Waals surface area (Å²) in [6.45, 7) is 5.46. The first-order valence-electron chi connectivity index (χ1n) is 8.67. The largest absolute Gasteiger partial charge is 0.459 e. The first kappa shape index (κ1) is 15.7. The zero-order valence-corrected chi connectivity index (χ0v) is 14.5. The summed E-state index contributed by atoms with van der Waals surface area (Å²) < 4.78 is 5.72. The Morgan fingerprint density at radius 2 is 2.12 bits per heavy atom. The number of likely N-dealkylation sites (tertiary alicyclic amines) is 1. The summed E-state index contributed by atoms with van der Waals surface area (Å²) >= 11 is 0. The Morgan fingerprint density at radius 3 is 2.84 bits per heavy atom. The number of benzene rings is 1. The fourth-order valence-corrected chi connectivity index (χ4v) is 3.63. The molecule has 0 unspecified atom stereocenters. The molecule has 6 nitrogen and oxygen atoms in total. The lowest BCUT2D eigenvalue weighted by atomic mass is 9.92. The van der Waals surface area contributed by atoms with E-state index in [1.807, 2.05) is 42.3 Å². The Labute approximate surface area is 146 Å². The smallest absolute Gasteiger partial charge is 0.321 e. The van der Waals surface area contributed by atoms with Crippen molar-refractivity contribution in [3.05, 3.63) is 47.5 Å². The summed E-state index contributed by atoms with van der Waals surface area (Å²) in [5.74, 6) is 1.29. The molecule has 0 radical (unpaired) electrons. The number of carbonyl (C=O) groups is 1. The summed E-state index contributed by atoms with van der Waals surface area (Å²) in [5.41, 5.74) is 3.86. The number of anilines is 1. The molecular weight excluding hydrogens is 316 g/mol. The Morgan fingerprint density at radius 1 is 1.32 bits per heavy atom. The highest BCUT2D eigenvalue weighted by molar-refractivity contribution is 5.99. The molecule has 1 aromatic carbocycles. The average Bonchev–Trinajstić information content (AvgIpc) is 3.20. The molecule has 1 aliphatic heterocycles. The van der Waals surface area contributed by atoms with Gasteiger partial charge >= 0.3 is 6.03 Å². The summed E-state index contributed by atoms with van der Waals surface area (Å²) in [5, 5.41) is 11.2. The number of hydrogen-bond acceptors (Lipinski definition) is 3. The van der Waals surface area contributed by atoms with Crippen molar-refractivity contribution in [2.45, 2.75) is 32.6 Å². The fourth-order valence-electron chi connectivity index (χ4n) is 3.63. The van der Waals surface area contributed by atoms with Crippen LogP contribution >= 0.6 is 0 Å². The number of H-pyrrole nitrogens is 1. The highest BCUT2D eigenvalue weighted by Crippen LogP contribution is 2.30.